The molecular formula is C39H42O7. The Morgan fingerprint density at radius 1 is 0.609 bits per heavy atom. The number of ether oxygens (including phenoxy) is 6. The van der Waals surface area contributed by atoms with E-state index in [1.54, 1.807) is 6.08 Å². The van der Waals surface area contributed by atoms with Crippen molar-refractivity contribution in [2.24, 2.45) is 0 Å². The molecule has 1 aliphatic rings. The lowest BCUT2D eigenvalue weighted by atomic mass is 9.97. The van der Waals surface area contributed by atoms with Crippen LogP contribution in [0, 0.1) is 0 Å². The van der Waals surface area contributed by atoms with Gasteiger partial charge in [0.15, 0.2) is 0 Å². The summed E-state index contributed by atoms with van der Waals surface area (Å²) in [6, 6.07) is 39.6. The van der Waals surface area contributed by atoms with Crippen LogP contribution in [-0.4, -0.2) is 43.3 Å². The van der Waals surface area contributed by atoms with E-state index in [0.717, 1.165) is 22.3 Å². The van der Waals surface area contributed by atoms with Gasteiger partial charge in [-0.3, -0.25) is 4.79 Å². The number of hydrogen-bond donors (Lipinski definition) is 0. The zero-order valence-electron chi connectivity index (χ0n) is 26.0. The van der Waals surface area contributed by atoms with E-state index in [9.17, 15) is 4.79 Å². The molecule has 0 saturated carbocycles. The van der Waals surface area contributed by atoms with Crippen molar-refractivity contribution in [3.63, 3.8) is 0 Å². The molecule has 46 heavy (non-hydrogen) atoms. The van der Waals surface area contributed by atoms with Gasteiger partial charge in [0.05, 0.1) is 33.0 Å². The average Bonchev–Trinajstić information content (AvgIpc) is 3.10. The Morgan fingerprint density at radius 3 is 1.52 bits per heavy atom. The Kier molecular flexibility index (Phi) is 13.1. The fourth-order valence-electron chi connectivity index (χ4n) is 5.25. The van der Waals surface area contributed by atoms with E-state index < -0.39 is 36.7 Å². The Labute approximate surface area is 271 Å². The summed E-state index contributed by atoms with van der Waals surface area (Å²) in [7, 11) is 0. The third-order valence-corrected chi connectivity index (χ3v) is 7.64. The molecule has 0 bridgehead atoms. The Morgan fingerprint density at radius 2 is 1.04 bits per heavy atom. The van der Waals surface area contributed by atoms with Crippen LogP contribution in [0.1, 0.15) is 35.1 Å². The molecule has 4 aromatic rings. The fraction of sp³-hybridized carbons (Fsp3) is 0.308. The number of benzene rings is 4. The molecule has 1 saturated heterocycles. The van der Waals surface area contributed by atoms with Crippen molar-refractivity contribution in [3.05, 3.63) is 156 Å². The van der Waals surface area contributed by atoms with Gasteiger partial charge in [0, 0.05) is 6.42 Å². The minimum Gasteiger partial charge on any atom is -0.433 e. The molecule has 1 unspecified atom stereocenters. The number of rotatable bonds is 17. The topological polar surface area (TPSA) is 72.5 Å². The molecule has 0 spiro atoms. The van der Waals surface area contributed by atoms with E-state index in [4.69, 9.17) is 28.4 Å². The van der Waals surface area contributed by atoms with Crippen LogP contribution in [0.5, 0.6) is 0 Å². The first-order chi connectivity index (χ1) is 22.7. The Hall–Kier alpha value is -4.11. The highest BCUT2D eigenvalue weighted by Gasteiger charge is 2.50. The average molecular weight is 623 g/mol. The summed E-state index contributed by atoms with van der Waals surface area (Å²) in [4.78, 5) is 13.0. The summed E-state index contributed by atoms with van der Waals surface area (Å²) in [5.41, 5.74) is 4.01. The van der Waals surface area contributed by atoms with Crippen LogP contribution >= 0.6 is 0 Å². The first kappa shape index (κ1) is 33.3. The van der Waals surface area contributed by atoms with Crippen LogP contribution < -0.4 is 0 Å². The van der Waals surface area contributed by atoms with E-state index in [1.165, 1.54) is 0 Å². The maximum atomic E-state index is 13.0. The summed E-state index contributed by atoms with van der Waals surface area (Å²) >= 11 is 0. The summed E-state index contributed by atoms with van der Waals surface area (Å²) in [5, 5.41) is 0. The first-order valence-corrected chi connectivity index (χ1v) is 15.7. The van der Waals surface area contributed by atoms with Crippen molar-refractivity contribution in [3.8, 4) is 0 Å². The Balaban J connectivity index is 1.44. The highest BCUT2D eigenvalue weighted by molar-refractivity contribution is 5.69. The Bertz CT molecular complexity index is 1430. The fourth-order valence-corrected chi connectivity index (χ4v) is 5.25. The van der Waals surface area contributed by atoms with Gasteiger partial charge in [-0.25, -0.2) is 0 Å². The highest BCUT2D eigenvalue weighted by Crippen LogP contribution is 2.32. The number of carbonyl (C=O) groups is 1. The largest absolute Gasteiger partial charge is 0.433 e. The van der Waals surface area contributed by atoms with E-state index in [1.807, 2.05) is 121 Å². The number of allylic oxidation sites excluding steroid dienone is 1. The number of hydrogen-bond acceptors (Lipinski definition) is 7. The predicted octanol–water partition coefficient (Wildman–Crippen LogP) is 7.19. The van der Waals surface area contributed by atoms with Gasteiger partial charge in [-0.2, -0.15) is 0 Å². The number of carbonyl (C=O) groups excluding carboxylic acids is 1. The summed E-state index contributed by atoms with van der Waals surface area (Å²) in [6.07, 6.45) is -1.39. The monoisotopic (exact) mass is 622 g/mol. The van der Waals surface area contributed by atoms with Gasteiger partial charge < -0.3 is 28.4 Å². The smallest absolute Gasteiger partial charge is 0.308 e. The standard InChI is InChI=1S/C39H42O7/c1-2-3-24-35(40)46-39-38(44-28-33-22-14-7-15-23-33)37(43-27-32-20-12-6-13-21-32)36(42-26-31-18-10-5-11-19-31)34(45-39)29-41-25-30-16-8-4-9-17-30/h2,4-23,34,36-39H,1,3,24-29H2/t34-,36-,37+,38+,39?/m1/s1. The van der Waals surface area contributed by atoms with Gasteiger partial charge in [0.1, 0.15) is 24.4 Å². The van der Waals surface area contributed by atoms with Crippen molar-refractivity contribution in [2.75, 3.05) is 6.61 Å². The lowest BCUT2D eigenvalue weighted by Crippen LogP contribution is -2.62. The van der Waals surface area contributed by atoms with Crippen molar-refractivity contribution in [2.45, 2.75) is 70.0 Å². The normalized spacial score (nSPS) is 21.0. The molecule has 7 heteroatoms. The van der Waals surface area contributed by atoms with Crippen molar-refractivity contribution >= 4 is 5.97 Å². The molecule has 0 radical (unpaired) electrons. The molecule has 4 aromatic carbocycles. The summed E-state index contributed by atoms with van der Waals surface area (Å²) < 4.78 is 38.5. The minimum atomic E-state index is -1.05. The van der Waals surface area contributed by atoms with Gasteiger partial charge in [0.25, 0.3) is 0 Å². The molecule has 7 nitrogen and oxygen atoms in total. The minimum absolute atomic E-state index is 0.174. The predicted molar refractivity (Wildman–Crippen MR) is 175 cm³/mol. The molecular weight excluding hydrogens is 580 g/mol. The zero-order chi connectivity index (χ0) is 31.8. The molecule has 0 aliphatic carbocycles. The van der Waals surface area contributed by atoms with E-state index in [2.05, 4.69) is 6.58 Å². The molecule has 1 heterocycles. The lowest BCUT2D eigenvalue weighted by Gasteiger charge is -2.45. The third-order valence-electron chi connectivity index (χ3n) is 7.64. The van der Waals surface area contributed by atoms with E-state index in [-0.39, 0.29) is 19.6 Å². The molecule has 0 amide bonds. The van der Waals surface area contributed by atoms with Gasteiger partial charge >= 0.3 is 5.97 Å². The SMILES string of the molecule is C=CCCC(=O)OC1O[C@H](COCc2ccccc2)[C@@H](OCc2ccccc2)[C@H](OCc2ccccc2)[C@@H]1OCc1ccccc1. The van der Waals surface area contributed by atoms with E-state index in [0.29, 0.717) is 26.2 Å². The highest BCUT2D eigenvalue weighted by atomic mass is 16.7. The van der Waals surface area contributed by atoms with Crippen LogP contribution in [0.4, 0.5) is 0 Å². The van der Waals surface area contributed by atoms with Crippen LogP contribution in [0.2, 0.25) is 0 Å². The molecule has 1 aliphatic heterocycles. The maximum Gasteiger partial charge on any atom is 0.308 e. The van der Waals surface area contributed by atoms with Gasteiger partial charge in [-0.15, -0.1) is 6.58 Å². The molecule has 0 N–H and O–H groups in total. The second kappa shape index (κ2) is 18.1. The maximum absolute atomic E-state index is 13.0. The molecule has 0 aromatic heterocycles. The lowest BCUT2D eigenvalue weighted by molar-refractivity contribution is -0.320. The molecule has 1 fully saturated rings. The first-order valence-electron chi connectivity index (χ1n) is 15.7. The van der Waals surface area contributed by atoms with Crippen LogP contribution in [0.3, 0.4) is 0 Å². The molecule has 240 valence electrons. The summed E-state index contributed by atoms with van der Waals surface area (Å²) in [6.45, 7) is 5.20. The number of esters is 1. The van der Waals surface area contributed by atoms with Crippen molar-refractivity contribution in [1.82, 2.24) is 0 Å². The van der Waals surface area contributed by atoms with Gasteiger partial charge in [-0.05, 0) is 28.7 Å². The van der Waals surface area contributed by atoms with Crippen LogP contribution in [0.25, 0.3) is 0 Å². The second-order valence-corrected chi connectivity index (χ2v) is 11.1. The van der Waals surface area contributed by atoms with Crippen molar-refractivity contribution in [1.29, 1.82) is 0 Å². The molecule has 5 atom stereocenters. The van der Waals surface area contributed by atoms with Gasteiger partial charge in [-0.1, -0.05) is 127 Å². The van der Waals surface area contributed by atoms with Gasteiger partial charge in [0.2, 0.25) is 6.29 Å². The molecule has 5 rings (SSSR count). The summed E-state index contributed by atoms with van der Waals surface area (Å²) in [5.74, 6) is -0.410. The zero-order valence-corrected chi connectivity index (χ0v) is 26.0. The quantitative estimate of drug-likeness (QED) is 0.0912. The van der Waals surface area contributed by atoms with Crippen LogP contribution in [0.15, 0.2) is 134 Å². The van der Waals surface area contributed by atoms with Crippen molar-refractivity contribution < 1.29 is 33.2 Å². The second-order valence-electron chi connectivity index (χ2n) is 11.1. The third kappa shape index (κ3) is 10.2. The van der Waals surface area contributed by atoms with Crippen LogP contribution in [-0.2, 0) is 59.6 Å². The van der Waals surface area contributed by atoms with E-state index >= 15 is 0 Å².